The number of alkyl halides is 3. The molecule has 0 unspecified atom stereocenters. The van der Waals surface area contributed by atoms with E-state index < -0.39 is 6.36 Å². The molecule has 4 rings (SSSR count). The first kappa shape index (κ1) is 23.0. The first-order chi connectivity index (χ1) is 16.3. The van der Waals surface area contributed by atoms with Gasteiger partial charge in [0, 0.05) is 5.56 Å². The van der Waals surface area contributed by atoms with Crippen molar-refractivity contribution in [3.63, 3.8) is 0 Å². The smallest absolute Gasteiger partial charge is 0.406 e. The van der Waals surface area contributed by atoms with E-state index in [1.807, 2.05) is 42.5 Å². The van der Waals surface area contributed by atoms with Gasteiger partial charge in [0.1, 0.15) is 12.1 Å². The van der Waals surface area contributed by atoms with Crippen LogP contribution in [0.15, 0.2) is 84.2 Å². The zero-order valence-corrected chi connectivity index (χ0v) is 18.5. The molecule has 0 saturated heterocycles. The number of ether oxygens (including phenoxy) is 1. The van der Waals surface area contributed by atoms with E-state index in [1.54, 1.807) is 6.21 Å². The Morgan fingerprint density at radius 2 is 1.68 bits per heavy atom. The number of aromatic nitrogens is 3. The molecule has 34 heavy (non-hydrogen) atoms. The minimum absolute atomic E-state index is 0.295. The third-order valence-corrected chi connectivity index (χ3v) is 4.98. The second-order valence-electron chi connectivity index (χ2n) is 7.79. The van der Waals surface area contributed by atoms with Crippen molar-refractivity contribution in [3.05, 3.63) is 90.3 Å². The molecular weight excluding hydrogens is 443 g/mol. The van der Waals surface area contributed by atoms with Crippen LogP contribution in [0, 0.1) is 0 Å². The van der Waals surface area contributed by atoms with E-state index in [4.69, 9.17) is 0 Å². The fourth-order valence-corrected chi connectivity index (χ4v) is 3.32. The summed E-state index contributed by atoms with van der Waals surface area (Å²) in [6.45, 7) is 4.27. The fourth-order valence-electron chi connectivity index (χ4n) is 3.32. The molecule has 1 heterocycles. The van der Waals surface area contributed by atoms with Gasteiger partial charge in [-0.25, -0.2) is 9.67 Å². The van der Waals surface area contributed by atoms with Crippen molar-refractivity contribution in [1.82, 2.24) is 14.8 Å². The Balaban J connectivity index is 1.41. The Hall–Kier alpha value is -4.14. The molecule has 3 aromatic carbocycles. The molecule has 0 atom stereocenters. The predicted molar refractivity (Wildman–Crippen MR) is 125 cm³/mol. The highest BCUT2D eigenvalue weighted by Gasteiger charge is 2.31. The van der Waals surface area contributed by atoms with Crippen molar-refractivity contribution in [2.75, 3.05) is 5.43 Å². The highest BCUT2D eigenvalue weighted by Crippen LogP contribution is 2.25. The molecule has 0 amide bonds. The van der Waals surface area contributed by atoms with E-state index in [2.05, 4.69) is 45.3 Å². The summed E-state index contributed by atoms with van der Waals surface area (Å²) >= 11 is 0. The first-order valence-corrected chi connectivity index (χ1v) is 10.5. The summed E-state index contributed by atoms with van der Waals surface area (Å²) in [5, 5.41) is 8.75. The molecule has 0 aliphatic carbocycles. The molecule has 0 bridgehead atoms. The number of para-hydroxylation sites is 1. The van der Waals surface area contributed by atoms with Crippen LogP contribution in [0.25, 0.3) is 17.1 Å². The lowest BCUT2D eigenvalue weighted by Crippen LogP contribution is -2.17. The van der Waals surface area contributed by atoms with Crippen LogP contribution in [-0.2, 0) is 0 Å². The first-order valence-electron chi connectivity index (χ1n) is 10.5. The Bertz CT molecular complexity index is 1260. The number of hydrogen-bond donors (Lipinski definition) is 1. The highest BCUT2D eigenvalue weighted by molar-refractivity contribution is 5.81. The topological polar surface area (TPSA) is 64.3 Å². The Morgan fingerprint density at radius 1 is 0.971 bits per heavy atom. The number of anilines is 1. The molecule has 0 radical (unpaired) electrons. The number of benzene rings is 3. The van der Waals surface area contributed by atoms with Gasteiger partial charge in [0.05, 0.1) is 17.6 Å². The van der Waals surface area contributed by atoms with Gasteiger partial charge in [-0.3, -0.25) is 5.43 Å². The van der Waals surface area contributed by atoms with Gasteiger partial charge in [0.2, 0.25) is 0 Å². The van der Waals surface area contributed by atoms with Gasteiger partial charge in [-0.05, 0) is 47.4 Å². The van der Waals surface area contributed by atoms with Crippen molar-refractivity contribution < 1.29 is 17.9 Å². The molecule has 0 spiro atoms. The van der Waals surface area contributed by atoms with E-state index in [1.165, 1.54) is 40.8 Å². The Morgan fingerprint density at radius 3 is 2.35 bits per heavy atom. The zero-order valence-electron chi connectivity index (χ0n) is 18.5. The van der Waals surface area contributed by atoms with Crippen molar-refractivity contribution in [3.8, 4) is 22.8 Å². The van der Waals surface area contributed by atoms with E-state index in [0.29, 0.717) is 17.4 Å². The van der Waals surface area contributed by atoms with Crippen molar-refractivity contribution in [1.29, 1.82) is 0 Å². The SMILES string of the molecule is CC(C)c1ccccc1N/N=C\c1ccc(-c2ncn(-c3ccc(OC(F)(F)F)cc3)n2)cc1. The minimum atomic E-state index is -4.73. The number of nitrogens with one attached hydrogen (secondary N) is 1. The lowest BCUT2D eigenvalue weighted by Gasteiger charge is -2.11. The maximum Gasteiger partial charge on any atom is 0.573 e. The molecule has 0 saturated carbocycles. The summed E-state index contributed by atoms with van der Waals surface area (Å²) in [5.74, 6) is 0.579. The molecule has 4 aromatic rings. The maximum absolute atomic E-state index is 12.3. The number of hydrogen-bond acceptors (Lipinski definition) is 5. The summed E-state index contributed by atoms with van der Waals surface area (Å²) in [5.41, 5.74) is 7.52. The highest BCUT2D eigenvalue weighted by atomic mass is 19.4. The van der Waals surface area contributed by atoms with E-state index in [9.17, 15) is 13.2 Å². The van der Waals surface area contributed by atoms with Crippen LogP contribution < -0.4 is 10.2 Å². The Kier molecular flexibility index (Phi) is 6.62. The largest absolute Gasteiger partial charge is 0.573 e. The molecule has 1 aromatic heterocycles. The molecule has 174 valence electrons. The number of hydrazone groups is 1. The second kappa shape index (κ2) is 9.78. The van der Waals surface area contributed by atoms with Crippen LogP contribution in [0.4, 0.5) is 18.9 Å². The van der Waals surface area contributed by atoms with Crippen LogP contribution in [0.3, 0.4) is 0 Å². The average Bonchev–Trinajstić information content (AvgIpc) is 3.29. The minimum Gasteiger partial charge on any atom is -0.406 e. The molecular formula is C25H22F3N5O. The summed E-state index contributed by atoms with van der Waals surface area (Å²) < 4.78 is 42.3. The third kappa shape index (κ3) is 5.80. The zero-order chi connectivity index (χ0) is 24.1. The van der Waals surface area contributed by atoms with Crippen LogP contribution in [-0.4, -0.2) is 27.3 Å². The average molecular weight is 465 g/mol. The normalized spacial score (nSPS) is 11.8. The van der Waals surface area contributed by atoms with Gasteiger partial charge < -0.3 is 4.74 Å². The lowest BCUT2D eigenvalue weighted by molar-refractivity contribution is -0.274. The van der Waals surface area contributed by atoms with Gasteiger partial charge in [-0.15, -0.1) is 18.3 Å². The van der Waals surface area contributed by atoms with Gasteiger partial charge in [0.15, 0.2) is 5.82 Å². The molecule has 0 aliphatic heterocycles. The monoisotopic (exact) mass is 465 g/mol. The molecule has 9 heteroatoms. The maximum atomic E-state index is 12.3. The number of halogens is 3. The second-order valence-corrected chi connectivity index (χ2v) is 7.79. The van der Waals surface area contributed by atoms with Crippen LogP contribution >= 0.6 is 0 Å². The van der Waals surface area contributed by atoms with Crippen LogP contribution in [0.1, 0.15) is 30.9 Å². The van der Waals surface area contributed by atoms with Gasteiger partial charge in [0.25, 0.3) is 0 Å². The summed E-state index contributed by atoms with van der Waals surface area (Å²) in [6, 6.07) is 21.0. The number of rotatable bonds is 7. The van der Waals surface area contributed by atoms with Crippen LogP contribution in [0.2, 0.25) is 0 Å². The fraction of sp³-hybridized carbons (Fsp3) is 0.160. The molecule has 0 aliphatic rings. The van der Waals surface area contributed by atoms with E-state index in [0.717, 1.165) is 16.8 Å². The molecule has 0 fully saturated rings. The van der Waals surface area contributed by atoms with Crippen molar-refractivity contribution in [2.24, 2.45) is 5.10 Å². The standard InChI is InChI=1S/C25H22F3N5O/c1-17(2)22-5-3-4-6-23(22)31-30-15-18-7-9-19(10-8-18)24-29-16-33(32-24)20-11-13-21(14-12-20)34-25(26,27)28/h3-17,31H,1-2H3/b30-15-. The number of nitrogens with zero attached hydrogens (tertiary/aromatic N) is 4. The molecule has 1 N–H and O–H groups in total. The predicted octanol–water partition coefficient (Wildman–Crippen LogP) is 6.40. The van der Waals surface area contributed by atoms with Crippen LogP contribution in [0.5, 0.6) is 5.75 Å². The van der Waals surface area contributed by atoms with E-state index >= 15 is 0 Å². The molecule has 6 nitrogen and oxygen atoms in total. The quantitative estimate of drug-likeness (QED) is 0.253. The van der Waals surface area contributed by atoms with Gasteiger partial charge >= 0.3 is 6.36 Å². The summed E-state index contributed by atoms with van der Waals surface area (Å²) in [4.78, 5) is 4.30. The summed E-state index contributed by atoms with van der Waals surface area (Å²) in [6.07, 6.45) is -1.49. The third-order valence-electron chi connectivity index (χ3n) is 4.98. The van der Waals surface area contributed by atoms with Gasteiger partial charge in [-0.2, -0.15) is 5.10 Å². The lowest BCUT2D eigenvalue weighted by atomic mass is 10.0. The van der Waals surface area contributed by atoms with Crippen molar-refractivity contribution >= 4 is 11.9 Å². The van der Waals surface area contributed by atoms with Gasteiger partial charge in [-0.1, -0.05) is 56.3 Å². The summed E-state index contributed by atoms with van der Waals surface area (Å²) in [7, 11) is 0. The van der Waals surface area contributed by atoms with E-state index in [-0.39, 0.29) is 5.75 Å². The Labute approximate surface area is 194 Å². The van der Waals surface area contributed by atoms with Crippen molar-refractivity contribution in [2.45, 2.75) is 26.1 Å².